The number of rotatable bonds is 5. The van der Waals surface area contributed by atoms with Crippen molar-refractivity contribution < 1.29 is 4.52 Å². The molecule has 1 aromatic heterocycles. The van der Waals surface area contributed by atoms with Gasteiger partial charge >= 0.3 is 0 Å². The summed E-state index contributed by atoms with van der Waals surface area (Å²) in [5.74, 6) is 2.48. The van der Waals surface area contributed by atoms with Crippen LogP contribution >= 0.6 is 0 Å². The molecule has 0 amide bonds. The highest BCUT2D eigenvalue weighted by atomic mass is 16.5. The quantitative estimate of drug-likeness (QED) is 0.812. The number of nitrogens with two attached hydrogens (primary N) is 1. The van der Waals surface area contributed by atoms with Gasteiger partial charge in [0.25, 0.3) is 0 Å². The average Bonchev–Trinajstić information content (AvgIpc) is 2.93. The predicted molar refractivity (Wildman–Crippen MR) is 60.9 cm³/mol. The fourth-order valence-electron chi connectivity index (χ4n) is 1.86. The van der Waals surface area contributed by atoms with Crippen molar-refractivity contribution in [2.45, 2.75) is 31.7 Å². The highest BCUT2D eigenvalue weighted by Gasteiger charge is 2.32. The van der Waals surface area contributed by atoms with E-state index in [-0.39, 0.29) is 6.04 Å². The normalized spacial score (nSPS) is 20.1. The fourth-order valence-corrected chi connectivity index (χ4v) is 1.86. The Kier molecular flexibility index (Phi) is 3.25. The summed E-state index contributed by atoms with van der Waals surface area (Å²) in [5.41, 5.74) is 5.97. The molecule has 1 heterocycles. The van der Waals surface area contributed by atoms with Crippen molar-refractivity contribution in [1.82, 2.24) is 15.0 Å². The van der Waals surface area contributed by atoms with Crippen LogP contribution < -0.4 is 5.73 Å². The molecule has 1 aromatic rings. The molecule has 5 heteroatoms. The SMILES string of the molecule is CC(c1nc(C(N)CN(C)C)no1)C1CC1. The lowest BCUT2D eigenvalue weighted by Crippen LogP contribution is -2.26. The molecule has 1 fully saturated rings. The van der Waals surface area contributed by atoms with Gasteiger partial charge in [-0.25, -0.2) is 0 Å². The Labute approximate surface area is 96.0 Å². The zero-order valence-electron chi connectivity index (χ0n) is 10.2. The molecule has 2 unspecified atom stereocenters. The zero-order valence-corrected chi connectivity index (χ0v) is 10.2. The molecular weight excluding hydrogens is 204 g/mol. The molecule has 2 N–H and O–H groups in total. The average molecular weight is 224 g/mol. The third-order valence-electron chi connectivity index (χ3n) is 3.07. The van der Waals surface area contributed by atoms with Gasteiger partial charge in [0.1, 0.15) is 0 Å². The third-order valence-corrected chi connectivity index (χ3v) is 3.07. The Balaban J connectivity index is 2.00. The Morgan fingerprint density at radius 2 is 2.19 bits per heavy atom. The molecule has 1 aliphatic carbocycles. The Bertz CT molecular complexity index is 346. The summed E-state index contributed by atoms with van der Waals surface area (Å²) < 4.78 is 5.27. The van der Waals surface area contributed by atoms with Gasteiger partial charge in [0.2, 0.25) is 5.89 Å². The maximum Gasteiger partial charge on any atom is 0.229 e. The fraction of sp³-hybridized carbons (Fsp3) is 0.818. The van der Waals surface area contributed by atoms with E-state index >= 15 is 0 Å². The van der Waals surface area contributed by atoms with Crippen molar-refractivity contribution in [2.24, 2.45) is 11.7 Å². The molecule has 0 saturated heterocycles. The Morgan fingerprint density at radius 3 is 2.75 bits per heavy atom. The standard InChI is InChI=1S/C11H20N4O/c1-7(8-4-5-8)11-13-10(14-16-11)9(12)6-15(2)3/h7-9H,4-6,12H2,1-3H3. The summed E-state index contributed by atoms with van der Waals surface area (Å²) >= 11 is 0. The van der Waals surface area contributed by atoms with Crippen LogP contribution in [0.3, 0.4) is 0 Å². The van der Waals surface area contributed by atoms with Crippen LogP contribution in [0.4, 0.5) is 0 Å². The van der Waals surface area contributed by atoms with E-state index < -0.39 is 0 Å². The largest absolute Gasteiger partial charge is 0.339 e. The highest BCUT2D eigenvalue weighted by molar-refractivity contribution is 5.01. The minimum absolute atomic E-state index is 0.168. The van der Waals surface area contributed by atoms with Crippen LogP contribution in [-0.2, 0) is 0 Å². The van der Waals surface area contributed by atoms with Gasteiger partial charge in [-0.15, -0.1) is 0 Å². The third kappa shape index (κ3) is 2.59. The van der Waals surface area contributed by atoms with E-state index in [1.165, 1.54) is 12.8 Å². The van der Waals surface area contributed by atoms with Crippen LogP contribution in [0.1, 0.15) is 43.4 Å². The van der Waals surface area contributed by atoms with Gasteiger partial charge in [-0.3, -0.25) is 0 Å². The summed E-state index contributed by atoms with van der Waals surface area (Å²) in [6.07, 6.45) is 2.56. The smallest absolute Gasteiger partial charge is 0.229 e. The van der Waals surface area contributed by atoms with Crippen LogP contribution in [-0.4, -0.2) is 35.7 Å². The second-order valence-corrected chi connectivity index (χ2v) is 4.99. The lowest BCUT2D eigenvalue weighted by Gasteiger charge is -2.13. The number of aromatic nitrogens is 2. The van der Waals surface area contributed by atoms with Crippen molar-refractivity contribution in [3.05, 3.63) is 11.7 Å². The lowest BCUT2D eigenvalue weighted by molar-refractivity contribution is 0.332. The van der Waals surface area contributed by atoms with E-state index in [1.54, 1.807) is 0 Å². The van der Waals surface area contributed by atoms with Gasteiger partial charge in [0, 0.05) is 12.5 Å². The molecular formula is C11H20N4O. The summed E-state index contributed by atoms with van der Waals surface area (Å²) in [5, 5.41) is 3.96. The van der Waals surface area contributed by atoms with Crippen LogP contribution in [0.25, 0.3) is 0 Å². The Hall–Kier alpha value is -0.940. The topological polar surface area (TPSA) is 68.2 Å². The monoisotopic (exact) mass is 224 g/mol. The molecule has 0 aliphatic heterocycles. The van der Waals surface area contributed by atoms with Gasteiger partial charge in [-0.1, -0.05) is 12.1 Å². The molecule has 2 rings (SSSR count). The number of likely N-dealkylation sites (N-methyl/N-ethyl adjacent to an activating group) is 1. The minimum Gasteiger partial charge on any atom is -0.339 e. The molecule has 1 aliphatic rings. The second kappa shape index (κ2) is 4.51. The van der Waals surface area contributed by atoms with Gasteiger partial charge < -0.3 is 15.2 Å². The van der Waals surface area contributed by atoms with E-state index in [2.05, 4.69) is 17.1 Å². The first-order chi connectivity index (χ1) is 7.58. The number of hydrogen-bond acceptors (Lipinski definition) is 5. The molecule has 5 nitrogen and oxygen atoms in total. The van der Waals surface area contributed by atoms with Crippen LogP contribution in [0, 0.1) is 5.92 Å². The van der Waals surface area contributed by atoms with E-state index in [0.717, 1.165) is 18.4 Å². The van der Waals surface area contributed by atoms with Gasteiger partial charge in [-0.05, 0) is 32.9 Å². The van der Waals surface area contributed by atoms with Crippen molar-refractivity contribution in [1.29, 1.82) is 0 Å². The molecule has 0 bridgehead atoms. The van der Waals surface area contributed by atoms with Crippen LogP contribution in [0.5, 0.6) is 0 Å². The molecule has 16 heavy (non-hydrogen) atoms. The predicted octanol–water partition coefficient (Wildman–Crippen LogP) is 1.14. The maximum atomic E-state index is 5.97. The number of hydrogen-bond donors (Lipinski definition) is 1. The molecule has 2 atom stereocenters. The van der Waals surface area contributed by atoms with Crippen LogP contribution in [0.2, 0.25) is 0 Å². The van der Waals surface area contributed by atoms with E-state index in [0.29, 0.717) is 11.7 Å². The molecule has 0 spiro atoms. The van der Waals surface area contributed by atoms with E-state index in [1.807, 2.05) is 19.0 Å². The van der Waals surface area contributed by atoms with Gasteiger partial charge in [-0.2, -0.15) is 4.98 Å². The summed E-state index contributed by atoms with van der Waals surface area (Å²) in [7, 11) is 3.96. The molecule has 1 saturated carbocycles. The molecule has 90 valence electrons. The summed E-state index contributed by atoms with van der Waals surface area (Å²) in [6.45, 7) is 2.88. The van der Waals surface area contributed by atoms with Crippen molar-refractivity contribution in [3.8, 4) is 0 Å². The van der Waals surface area contributed by atoms with Crippen molar-refractivity contribution in [2.75, 3.05) is 20.6 Å². The highest BCUT2D eigenvalue weighted by Crippen LogP contribution is 2.41. The van der Waals surface area contributed by atoms with Gasteiger partial charge in [0.05, 0.1) is 6.04 Å². The van der Waals surface area contributed by atoms with Crippen LogP contribution in [0.15, 0.2) is 4.52 Å². The van der Waals surface area contributed by atoms with Crippen molar-refractivity contribution in [3.63, 3.8) is 0 Å². The van der Waals surface area contributed by atoms with Gasteiger partial charge in [0.15, 0.2) is 5.82 Å². The Morgan fingerprint density at radius 1 is 1.50 bits per heavy atom. The first kappa shape index (κ1) is 11.5. The van der Waals surface area contributed by atoms with E-state index in [9.17, 15) is 0 Å². The lowest BCUT2D eigenvalue weighted by atomic mass is 10.1. The summed E-state index contributed by atoms with van der Waals surface area (Å²) in [6, 6.07) is -0.168. The van der Waals surface area contributed by atoms with Crippen molar-refractivity contribution >= 4 is 0 Å². The maximum absolute atomic E-state index is 5.97. The zero-order chi connectivity index (χ0) is 11.7. The molecule has 0 aromatic carbocycles. The first-order valence-corrected chi connectivity index (χ1v) is 5.81. The first-order valence-electron chi connectivity index (χ1n) is 5.81. The van der Waals surface area contributed by atoms with E-state index in [4.69, 9.17) is 10.3 Å². The minimum atomic E-state index is -0.168. The second-order valence-electron chi connectivity index (χ2n) is 4.99. The molecule has 0 radical (unpaired) electrons. The summed E-state index contributed by atoms with van der Waals surface area (Å²) in [4.78, 5) is 6.41. The number of nitrogens with zero attached hydrogens (tertiary/aromatic N) is 3.